The van der Waals surface area contributed by atoms with Crippen molar-refractivity contribution in [1.82, 2.24) is 24.7 Å². The maximum atomic E-state index is 14.6. The van der Waals surface area contributed by atoms with Gasteiger partial charge in [0, 0.05) is 18.0 Å². The molecule has 0 bridgehead atoms. The highest BCUT2D eigenvalue weighted by atomic mass is 35.5. The molecule has 1 aromatic carbocycles. The molecule has 0 aliphatic rings. The molecule has 3 aromatic heterocycles. The van der Waals surface area contributed by atoms with Crippen LogP contribution in [0.15, 0.2) is 49.1 Å². The van der Waals surface area contributed by atoms with Crippen molar-refractivity contribution in [2.24, 2.45) is 0 Å². The van der Waals surface area contributed by atoms with Crippen LogP contribution in [0, 0.1) is 5.82 Å². The van der Waals surface area contributed by atoms with E-state index in [-0.39, 0.29) is 34.0 Å². The van der Waals surface area contributed by atoms with Gasteiger partial charge in [-0.3, -0.25) is 4.79 Å². The fraction of sp³-hybridized carbons (Fsp3) is 0.136. The van der Waals surface area contributed by atoms with Gasteiger partial charge in [-0.2, -0.15) is 23.3 Å². The van der Waals surface area contributed by atoms with Gasteiger partial charge in [0.25, 0.3) is 5.91 Å². The van der Waals surface area contributed by atoms with Crippen LogP contribution in [0.2, 0.25) is 5.02 Å². The van der Waals surface area contributed by atoms with Gasteiger partial charge in [0.2, 0.25) is 5.88 Å². The van der Waals surface area contributed by atoms with E-state index in [1.165, 1.54) is 12.3 Å². The number of hydrogen-bond acceptors (Lipinski definition) is 7. The molecule has 9 nitrogen and oxygen atoms in total. The fourth-order valence-electron chi connectivity index (χ4n) is 3.25. The average Bonchev–Trinajstić information content (AvgIpc) is 3.29. The monoisotopic (exact) mass is 521 g/mol. The number of rotatable bonds is 6. The number of nitrogens with two attached hydrogens (primary N) is 1. The summed E-state index contributed by atoms with van der Waals surface area (Å²) in [5.74, 6) is -2.76. The number of pyridine rings is 1. The Hall–Kier alpha value is -4.26. The van der Waals surface area contributed by atoms with E-state index in [1.807, 2.05) is 0 Å². The van der Waals surface area contributed by atoms with Gasteiger partial charge in [0.1, 0.15) is 17.2 Å². The first kappa shape index (κ1) is 24.9. The van der Waals surface area contributed by atoms with Crippen molar-refractivity contribution < 1.29 is 27.1 Å². The largest absolute Gasteiger partial charge is 0.434 e. The lowest BCUT2D eigenvalue weighted by Gasteiger charge is -2.14. The van der Waals surface area contributed by atoms with Crippen LogP contribution >= 0.6 is 11.6 Å². The minimum Gasteiger partial charge on any atom is -0.434 e. The molecule has 0 aliphatic carbocycles. The quantitative estimate of drug-likeness (QED) is 0.340. The Labute approximate surface area is 205 Å². The number of aromatic nitrogens is 5. The summed E-state index contributed by atoms with van der Waals surface area (Å²) in [6.07, 6.45) is -1.38. The van der Waals surface area contributed by atoms with Gasteiger partial charge in [-0.15, -0.1) is 0 Å². The second-order valence-corrected chi connectivity index (χ2v) is 7.61. The third kappa shape index (κ3) is 4.91. The standard InChI is InChI=1S/C22H16ClF4N7O2/c1-2-11-4-3-7-29-19(11)34-17(22(25,26)27)13(9-32-34)20(35)33-12-5-6-15(14(24)8-12)36-21-16(23)18(28)30-10-31-21/h3-10H,2H2,1H3,(H,33,35)(H2,28,30,31). The first-order valence-corrected chi connectivity index (χ1v) is 10.6. The Morgan fingerprint density at radius 2 is 2.00 bits per heavy atom. The number of hydrogen-bond donors (Lipinski definition) is 2. The van der Waals surface area contributed by atoms with Gasteiger partial charge >= 0.3 is 6.18 Å². The van der Waals surface area contributed by atoms with E-state index >= 15 is 0 Å². The molecule has 14 heteroatoms. The first-order chi connectivity index (χ1) is 17.1. The summed E-state index contributed by atoms with van der Waals surface area (Å²) < 4.78 is 62.4. The van der Waals surface area contributed by atoms with Crippen molar-refractivity contribution in [1.29, 1.82) is 0 Å². The van der Waals surface area contributed by atoms with Crippen LogP contribution in [0.4, 0.5) is 29.1 Å². The summed E-state index contributed by atoms with van der Waals surface area (Å²) in [5.41, 5.74) is 3.84. The topological polar surface area (TPSA) is 121 Å². The number of anilines is 2. The van der Waals surface area contributed by atoms with Crippen LogP contribution in [0.25, 0.3) is 5.82 Å². The molecule has 0 spiro atoms. The molecule has 3 N–H and O–H groups in total. The number of amides is 1. The second kappa shape index (κ2) is 9.77. The molecule has 0 unspecified atom stereocenters. The van der Waals surface area contributed by atoms with E-state index in [4.69, 9.17) is 22.1 Å². The molecule has 0 atom stereocenters. The predicted molar refractivity (Wildman–Crippen MR) is 122 cm³/mol. The highest BCUT2D eigenvalue weighted by Gasteiger charge is 2.41. The molecule has 3 heterocycles. The Morgan fingerprint density at radius 1 is 1.22 bits per heavy atom. The number of alkyl halides is 3. The number of aryl methyl sites for hydroxylation is 1. The summed E-state index contributed by atoms with van der Waals surface area (Å²) >= 11 is 5.92. The third-order valence-corrected chi connectivity index (χ3v) is 5.27. The zero-order valence-corrected chi connectivity index (χ0v) is 19.1. The molecular weight excluding hydrogens is 506 g/mol. The lowest BCUT2D eigenvalue weighted by molar-refractivity contribution is -0.143. The number of benzene rings is 1. The SMILES string of the molecule is CCc1cccnc1-n1ncc(C(=O)Nc2ccc(Oc3ncnc(N)c3Cl)c(F)c2)c1C(F)(F)F. The smallest absolute Gasteiger partial charge is 0.434 e. The Morgan fingerprint density at radius 3 is 2.69 bits per heavy atom. The normalized spacial score (nSPS) is 11.4. The molecule has 0 saturated carbocycles. The number of nitrogens with zero attached hydrogens (tertiary/aromatic N) is 5. The lowest BCUT2D eigenvalue weighted by atomic mass is 10.2. The summed E-state index contributed by atoms with van der Waals surface area (Å²) in [6.45, 7) is 1.75. The van der Waals surface area contributed by atoms with E-state index in [0.29, 0.717) is 16.7 Å². The van der Waals surface area contributed by atoms with Crippen LogP contribution in [0.3, 0.4) is 0 Å². The number of nitrogens with one attached hydrogen (secondary N) is 1. The minimum atomic E-state index is -4.94. The van der Waals surface area contributed by atoms with Gasteiger partial charge in [-0.05, 0) is 30.2 Å². The Balaban J connectivity index is 1.62. The van der Waals surface area contributed by atoms with E-state index in [9.17, 15) is 22.4 Å². The van der Waals surface area contributed by atoms with Crippen LogP contribution in [0.1, 0.15) is 28.5 Å². The number of ether oxygens (including phenoxy) is 1. The molecule has 36 heavy (non-hydrogen) atoms. The molecule has 0 aliphatic heterocycles. The van der Waals surface area contributed by atoms with Gasteiger partial charge in [-0.25, -0.2) is 19.0 Å². The molecule has 4 aromatic rings. The van der Waals surface area contributed by atoms with Crippen molar-refractivity contribution in [3.8, 4) is 17.4 Å². The van der Waals surface area contributed by atoms with Crippen molar-refractivity contribution >= 4 is 29.0 Å². The van der Waals surface area contributed by atoms with Gasteiger partial charge in [0.15, 0.2) is 23.1 Å². The number of carbonyl (C=O) groups excluding carboxylic acids is 1. The van der Waals surface area contributed by atoms with Crippen LogP contribution in [0.5, 0.6) is 11.6 Å². The highest BCUT2D eigenvalue weighted by molar-refractivity contribution is 6.34. The summed E-state index contributed by atoms with van der Waals surface area (Å²) in [4.78, 5) is 24.2. The highest BCUT2D eigenvalue weighted by Crippen LogP contribution is 2.35. The van der Waals surface area contributed by atoms with Crippen molar-refractivity contribution in [3.05, 3.63) is 76.7 Å². The summed E-state index contributed by atoms with van der Waals surface area (Å²) in [7, 11) is 0. The summed E-state index contributed by atoms with van der Waals surface area (Å²) in [6, 6.07) is 6.41. The van der Waals surface area contributed by atoms with Crippen molar-refractivity contribution in [2.75, 3.05) is 11.1 Å². The number of carbonyl (C=O) groups is 1. The van der Waals surface area contributed by atoms with Crippen molar-refractivity contribution in [3.63, 3.8) is 0 Å². The van der Waals surface area contributed by atoms with E-state index in [2.05, 4.69) is 25.4 Å². The average molecular weight is 522 g/mol. The number of halogens is 5. The van der Waals surface area contributed by atoms with E-state index < -0.39 is 29.2 Å². The zero-order chi connectivity index (χ0) is 26.0. The van der Waals surface area contributed by atoms with Gasteiger partial charge in [0.05, 0.1) is 11.8 Å². The number of nitrogen functional groups attached to an aromatic ring is 1. The Bertz CT molecular complexity index is 1440. The predicted octanol–water partition coefficient (Wildman–Crippen LogP) is 5.06. The van der Waals surface area contributed by atoms with E-state index in [1.54, 1.807) is 19.1 Å². The molecule has 0 fully saturated rings. The zero-order valence-electron chi connectivity index (χ0n) is 18.3. The van der Waals surface area contributed by atoms with Crippen LogP contribution in [-0.4, -0.2) is 30.6 Å². The molecule has 0 radical (unpaired) electrons. The fourth-order valence-corrected chi connectivity index (χ4v) is 3.38. The molecule has 1 amide bonds. The second-order valence-electron chi connectivity index (χ2n) is 7.24. The first-order valence-electron chi connectivity index (χ1n) is 10.2. The van der Waals surface area contributed by atoms with Gasteiger partial charge in [-0.1, -0.05) is 24.6 Å². The lowest BCUT2D eigenvalue weighted by Crippen LogP contribution is -2.21. The van der Waals surface area contributed by atoms with Crippen LogP contribution in [-0.2, 0) is 12.6 Å². The summed E-state index contributed by atoms with van der Waals surface area (Å²) in [5, 5.41) is 5.86. The van der Waals surface area contributed by atoms with Gasteiger partial charge < -0.3 is 15.8 Å². The molecule has 0 saturated heterocycles. The molecule has 186 valence electrons. The maximum Gasteiger partial charge on any atom is 0.434 e. The maximum absolute atomic E-state index is 14.6. The van der Waals surface area contributed by atoms with E-state index in [0.717, 1.165) is 24.7 Å². The minimum absolute atomic E-state index is 0.0528. The van der Waals surface area contributed by atoms with Crippen molar-refractivity contribution in [2.45, 2.75) is 19.5 Å². The molecular formula is C22H16ClF4N7O2. The Kier molecular flexibility index (Phi) is 6.75. The third-order valence-electron chi connectivity index (χ3n) is 4.91. The molecule has 4 rings (SSSR count). The van der Waals surface area contributed by atoms with Crippen LogP contribution < -0.4 is 15.8 Å².